The fourth-order valence-corrected chi connectivity index (χ4v) is 2.37. The molecule has 0 aromatic heterocycles. The highest BCUT2D eigenvalue weighted by Crippen LogP contribution is 2.40. The largest absolute Gasteiger partial charge is 0.475 e. The summed E-state index contributed by atoms with van der Waals surface area (Å²) in [5.74, 6) is 0.169. The van der Waals surface area contributed by atoms with Gasteiger partial charge in [-0.05, 0) is 48.2 Å². The first-order valence-electron chi connectivity index (χ1n) is 6.02. The number of ether oxygens (including phenoxy) is 1. The molecule has 0 bridgehead atoms. The Morgan fingerprint density at radius 3 is 2.55 bits per heavy atom. The minimum absolute atomic E-state index is 0.169. The van der Waals surface area contributed by atoms with Gasteiger partial charge in [0.2, 0.25) is 6.10 Å². The Kier molecular flexibility index (Phi) is 3.82. The van der Waals surface area contributed by atoms with Gasteiger partial charge in [-0.1, -0.05) is 13.0 Å². The third-order valence-corrected chi connectivity index (χ3v) is 3.29. The van der Waals surface area contributed by atoms with Crippen LogP contribution >= 0.6 is 11.6 Å². The van der Waals surface area contributed by atoms with Crippen molar-refractivity contribution in [1.82, 2.24) is 0 Å². The number of carbonyl (C=O) groups excluding carboxylic acids is 1. The highest BCUT2D eigenvalue weighted by Gasteiger charge is 2.48. The predicted octanol–water partition coefficient (Wildman–Crippen LogP) is 4.03. The van der Waals surface area contributed by atoms with Gasteiger partial charge < -0.3 is 4.74 Å². The molecule has 1 atom stereocenters. The van der Waals surface area contributed by atoms with Crippen LogP contribution in [0.3, 0.4) is 0 Å². The molecule has 1 aromatic carbocycles. The molecule has 108 valence electrons. The predicted molar refractivity (Wildman–Crippen MR) is 69.9 cm³/mol. The van der Waals surface area contributed by atoms with E-state index in [9.17, 15) is 18.0 Å². The first-order chi connectivity index (χ1) is 9.24. The second-order valence-electron chi connectivity index (χ2n) is 4.61. The van der Waals surface area contributed by atoms with Gasteiger partial charge in [0.1, 0.15) is 5.75 Å². The first-order valence-corrected chi connectivity index (χ1v) is 6.40. The molecule has 0 saturated heterocycles. The van der Waals surface area contributed by atoms with Gasteiger partial charge >= 0.3 is 6.18 Å². The summed E-state index contributed by atoms with van der Waals surface area (Å²) in [4.78, 5) is 11.2. The molecule has 2 rings (SSSR count). The lowest BCUT2D eigenvalue weighted by molar-refractivity contribution is -0.184. The van der Waals surface area contributed by atoms with E-state index in [1.165, 1.54) is 6.08 Å². The molecule has 0 fully saturated rings. The maximum absolute atomic E-state index is 13.0. The Morgan fingerprint density at radius 1 is 1.40 bits per heavy atom. The van der Waals surface area contributed by atoms with Crippen molar-refractivity contribution >= 4 is 22.9 Å². The molecule has 0 amide bonds. The molecule has 1 aliphatic heterocycles. The lowest BCUT2D eigenvalue weighted by Crippen LogP contribution is -2.39. The van der Waals surface area contributed by atoms with E-state index in [2.05, 4.69) is 0 Å². The summed E-state index contributed by atoms with van der Waals surface area (Å²) in [5.41, 5.74) is 1.42. The highest BCUT2D eigenvalue weighted by molar-refractivity contribution is 6.68. The SMILES string of the molecule is CCc1cc(C)cc2c1O[C@H](C(F)(F)F)C(C(=O)Cl)=C2. The molecule has 20 heavy (non-hydrogen) atoms. The molecule has 0 N–H and O–H groups in total. The molecule has 2 nitrogen and oxygen atoms in total. The maximum Gasteiger partial charge on any atom is 0.429 e. The Bertz CT molecular complexity index is 591. The summed E-state index contributed by atoms with van der Waals surface area (Å²) < 4.78 is 44.0. The molecule has 1 aliphatic rings. The van der Waals surface area contributed by atoms with Crippen LogP contribution in [0.2, 0.25) is 0 Å². The maximum atomic E-state index is 13.0. The van der Waals surface area contributed by atoms with Crippen molar-refractivity contribution in [2.75, 3.05) is 0 Å². The van der Waals surface area contributed by atoms with Crippen molar-refractivity contribution in [2.45, 2.75) is 32.5 Å². The summed E-state index contributed by atoms with van der Waals surface area (Å²) in [7, 11) is 0. The van der Waals surface area contributed by atoms with E-state index in [0.29, 0.717) is 17.5 Å². The van der Waals surface area contributed by atoms with E-state index in [1.807, 2.05) is 13.8 Å². The van der Waals surface area contributed by atoms with Gasteiger partial charge in [0.25, 0.3) is 5.24 Å². The van der Waals surface area contributed by atoms with Gasteiger partial charge in [-0.2, -0.15) is 13.2 Å². The summed E-state index contributed by atoms with van der Waals surface area (Å²) in [6, 6.07) is 3.44. The van der Waals surface area contributed by atoms with Crippen LogP contribution in [0, 0.1) is 6.92 Å². The molecule has 6 heteroatoms. The number of hydrogen-bond acceptors (Lipinski definition) is 2. The number of rotatable bonds is 2. The van der Waals surface area contributed by atoms with Gasteiger partial charge in [-0.15, -0.1) is 0 Å². The van der Waals surface area contributed by atoms with Crippen LogP contribution in [0.5, 0.6) is 5.75 Å². The second kappa shape index (κ2) is 5.13. The normalized spacial score (nSPS) is 18.1. The van der Waals surface area contributed by atoms with E-state index in [0.717, 1.165) is 5.56 Å². The zero-order valence-electron chi connectivity index (χ0n) is 10.8. The van der Waals surface area contributed by atoms with E-state index >= 15 is 0 Å². The number of aryl methyl sites for hydroxylation is 2. The van der Waals surface area contributed by atoms with Gasteiger partial charge in [-0.25, -0.2) is 0 Å². The number of fused-ring (bicyclic) bond motifs is 1. The zero-order valence-corrected chi connectivity index (χ0v) is 11.6. The smallest absolute Gasteiger partial charge is 0.429 e. The quantitative estimate of drug-likeness (QED) is 0.771. The number of alkyl halides is 3. The fraction of sp³-hybridized carbons (Fsp3) is 0.357. The highest BCUT2D eigenvalue weighted by atomic mass is 35.5. The molecular formula is C14H12ClF3O2. The van der Waals surface area contributed by atoms with Crippen molar-refractivity contribution < 1.29 is 22.7 Å². The number of benzene rings is 1. The summed E-state index contributed by atoms with van der Waals surface area (Å²) >= 11 is 5.25. The van der Waals surface area contributed by atoms with Crippen LogP contribution < -0.4 is 4.74 Å². The summed E-state index contributed by atoms with van der Waals surface area (Å²) in [6.45, 7) is 3.65. The summed E-state index contributed by atoms with van der Waals surface area (Å²) in [6.07, 6.45) is -5.30. The van der Waals surface area contributed by atoms with Crippen molar-refractivity contribution in [2.24, 2.45) is 0 Å². The van der Waals surface area contributed by atoms with Crippen LogP contribution in [0.1, 0.15) is 23.6 Å². The van der Waals surface area contributed by atoms with Gasteiger partial charge in [0.05, 0.1) is 5.57 Å². The average molecular weight is 305 g/mol. The first kappa shape index (κ1) is 14.9. The van der Waals surface area contributed by atoms with Crippen LogP contribution in [0.15, 0.2) is 17.7 Å². The van der Waals surface area contributed by atoms with E-state index in [1.54, 1.807) is 12.1 Å². The van der Waals surface area contributed by atoms with Crippen molar-refractivity contribution in [3.63, 3.8) is 0 Å². The Hall–Kier alpha value is -1.49. The number of halogens is 4. The molecule has 0 aliphatic carbocycles. The Morgan fingerprint density at radius 2 is 2.05 bits per heavy atom. The number of hydrogen-bond donors (Lipinski definition) is 0. The van der Waals surface area contributed by atoms with Gasteiger partial charge in [-0.3, -0.25) is 4.79 Å². The topological polar surface area (TPSA) is 26.3 Å². The average Bonchev–Trinajstić information content (AvgIpc) is 2.34. The van der Waals surface area contributed by atoms with Gasteiger partial charge in [0, 0.05) is 5.56 Å². The van der Waals surface area contributed by atoms with Crippen molar-refractivity contribution in [1.29, 1.82) is 0 Å². The molecular weight excluding hydrogens is 293 g/mol. The lowest BCUT2D eigenvalue weighted by atomic mass is 9.96. The zero-order chi connectivity index (χ0) is 15.1. The van der Waals surface area contributed by atoms with Crippen LogP contribution in [0.4, 0.5) is 13.2 Å². The van der Waals surface area contributed by atoms with E-state index in [4.69, 9.17) is 16.3 Å². The van der Waals surface area contributed by atoms with E-state index in [-0.39, 0.29) is 5.75 Å². The molecule has 0 radical (unpaired) electrons. The third kappa shape index (κ3) is 2.68. The van der Waals surface area contributed by atoms with E-state index < -0.39 is 23.1 Å². The fourth-order valence-electron chi connectivity index (χ4n) is 2.22. The molecule has 1 heterocycles. The third-order valence-electron chi connectivity index (χ3n) is 3.07. The molecule has 0 saturated carbocycles. The Balaban J connectivity index is 2.62. The number of carbonyl (C=O) groups is 1. The van der Waals surface area contributed by atoms with Crippen LogP contribution in [-0.2, 0) is 11.2 Å². The molecule has 0 unspecified atom stereocenters. The van der Waals surface area contributed by atoms with Crippen LogP contribution in [-0.4, -0.2) is 17.5 Å². The van der Waals surface area contributed by atoms with Crippen molar-refractivity contribution in [3.8, 4) is 5.75 Å². The lowest BCUT2D eigenvalue weighted by Gasteiger charge is -2.29. The Labute approximate surface area is 119 Å². The molecule has 0 spiro atoms. The standard InChI is InChI=1S/C14H12ClF3O2/c1-3-8-4-7(2)5-9-6-10(13(15)19)12(14(16,17)18)20-11(8)9/h4-6,12H,3H2,1-2H3/t12-/m0/s1. The van der Waals surface area contributed by atoms with Crippen molar-refractivity contribution in [3.05, 3.63) is 34.4 Å². The monoisotopic (exact) mass is 304 g/mol. The minimum atomic E-state index is -4.69. The van der Waals surface area contributed by atoms with Crippen LogP contribution in [0.25, 0.3) is 6.08 Å². The second-order valence-corrected chi connectivity index (χ2v) is 4.95. The van der Waals surface area contributed by atoms with Gasteiger partial charge in [0.15, 0.2) is 0 Å². The minimum Gasteiger partial charge on any atom is -0.475 e. The molecule has 1 aromatic rings. The summed E-state index contributed by atoms with van der Waals surface area (Å²) in [5, 5.41) is -1.16.